The van der Waals surface area contributed by atoms with Crippen LogP contribution in [0.25, 0.3) is 0 Å². The number of methoxy groups -OCH3 is 1. The van der Waals surface area contributed by atoms with Gasteiger partial charge in [0.2, 0.25) is 11.3 Å². The van der Waals surface area contributed by atoms with Crippen molar-refractivity contribution in [3.63, 3.8) is 0 Å². The van der Waals surface area contributed by atoms with Crippen molar-refractivity contribution in [2.45, 2.75) is 18.9 Å². The fourth-order valence-corrected chi connectivity index (χ4v) is 3.43. The zero-order valence-electron chi connectivity index (χ0n) is 15.2. The maximum Gasteiger partial charge on any atom is 0.340 e. The van der Waals surface area contributed by atoms with Gasteiger partial charge in [-0.15, -0.1) is 6.58 Å². The van der Waals surface area contributed by atoms with Gasteiger partial charge in [0, 0.05) is 17.7 Å². The quantitative estimate of drug-likeness (QED) is 0.437. The highest BCUT2D eigenvalue weighted by Crippen LogP contribution is 2.47. The molecular formula is C21H20FNO4. The number of rotatable bonds is 6. The topological polar surface area (TPSA) is 55.8 Å². The Kier molecular flexibility index (Phi) is 4.99. The van der Waals surface area contributed by atoms with Gasteiger partial charge in [0.25, 0.3) is 0 Å². The molecule has 0 saturated carbocycles. The third-order valence-electron chi connectivity index (χ3n) is 4.57. The maximum absolute atomic E-state index is 13.9. The molecule has 1 aliphatic rings. The number of carbonyl (C=O) groups excluding carboxylic acids is 2. The first-order valence-electron chi connectivity index (χ1n) is 8.56. The summed E-state index contributed by atoms with van der Waals surface area (Å²) >= 11 is 0. The molecule has 0 aliphatic carbocycles. The first-order chi connectivity index (χ1) is 13.0. The Morgan fingerprint density at radius 2 is 2.07 bits per heavy atom. The number of nitrogens with zero attached hydrogens (tertiary/aromatic N) is 1. The summed E-state index contributed by atoms with van der Waals surface area (Å²) in [6.07, 6.45) is 1.50. The van der Waals surface area contributed by atoms with Gasteiger partial charge < -0.3 is 14.4 Å². The molecule has 0 amide bonds. The van der Waals surface area contributed by atoms with Crippen LogP contribution in [0.2, 0.25) is 0 Å². The highest BCUT2D eigenvalue weighted by Gasteiger charge is 2.58. The molecule has 1 heterocycles. The Hall–Kier alpha value is -3.15. The van der Waals surface area contributed by atoms with E-state index in [1.807, 2.05) is 0 Å². The van der Waals surface area contributed by atoms with Crippen LogP contribution in [0.1, 0.15) is 23.7 Å². The highest BCUT2D eigenvalue weighted by atomic mass is 19.1. The number of benzene rings is 2. The van der Waals surface area contributed by atoms with Crippen LogP contribution in [-0.4, -0.2) is 31.0 Å². The van der Waals surface area contributed by atoms with E-state index >= 15 is 0 Å². The van der Waals surface area contributed by atoms with Crippen LogP contribution >= 0.6 is 0 Å². The molecule has 2 aromatic rings. The van der Waals surface area contributed by atoms with Crippen molar-refractivity contribution in [3.05, 3.63) is 66.5 Å². The lowest BCUT2D eigenvalue weighted by Gasteiger charge is -2.36. The van der Waals surface area contributed by atoms with Crippen molar-refractivity contribution in [2.75, 3.05) is 18.6 Å². The van der Waals surface area contributed by atoms with E-state index in [9.17, 15) is 14.0 Å². The first kappa shape index (κ1) is 18.6. The number of hydrogen-bond donors (Lipinski definition) is 0. The Bertz CT molecular complexity index is 911. The van der Waals surface area contributed by atoms with Crippen LogP contribution in [0.3, 0.4) is 0 Å². The molecule has 0 bridgehead atoms. The molecule has 0 saturated heterocycles. The van der Waals surface area contributed by atoms with Gasteiger partial charge in [-0.1, -0.05) is 12.1 Å². The summed E-state index contributed by atoms with van der Waals surface area (Å²) in [4.78, 5) is 28.0. The molecule has 0 fully saturated rings. The van der Waals surface area contributed by atoms with E-state index < -0.39 is 23.1 Å². The number of carbonyl (C=O) groups is 2. The Labute approximate surface area is 157 Å². The molecule has 2 aromatic carbocycles. The fourth-order valence-electron chi connectivity index (χ4n) is 3.43. The highest BCUT2D eigenvalue weighted by molar-refractivity contribution is 6.26. The third kappa shape index (κ3) is 2.87. The smallest absolute Gasteiger partial charge is 0.340 e. The number of ether oxygens (including phenoxy) is 2. The fraction of sp³-hybridized carbons (Fsp3) is 0.238. The standard InChI is InChI=1S/C21H20FNO4/c1-4-11-21(20(25)27-5-2)19(24)17-13-16(26-3)9-10-18(17)23(21)15-8-6-7-14(22)12-15/h4,6-10,12-13H,1,5,11H2,2-3H3. The zero-order chi connectivity index (χ0) is 19.6. The van der Waals surface area contributed by atoms with Crippen molar-refractivity contribution >= 4 is 23.1 Å². The van der Waals surface area contributed by atoms with Crippen molar-refractivity contribution in [2.24, 2.45) is 0 Å². The number of ketones is 1. The van der Waals surface area contributed by atoms with Gasteiger partial charge in [-0.2, -0.15) is 0 Å². The summed E-state index contributed by atoms with van der Waals surface area (Å²) in [5, 5.41) is 0. The molecule has 1 unspecified atom stereocenters. The molecule has 0 spiro atoms. The minimum absolute atomic E-state index is 0.0121. The van der Waals surface area contributed by atoms with E-state index in [1.165, 1.54) is 36.3 Å². The number of esters is 1. The monoisotopic (exact) mass is 369 g/mol. The van der Waals surface area contributed by atoms with E-state index in [1.54, 1.807) is 31.2 Å². The number of Topliss-reactive ketones (excluding diaryl/α,β-unsaturated/α-hetero) is 1. The van der Waals surface area contributed by atoms with Crippen LogP contribution in [-0.2, 0) is 9.53 Å². The third-order valence-corrected chi connectivity index (χ3v) is 4.57. The van der Waals surface area contributed by atoms with E-state index in [0.717, 1.165) is 0 Å². The predicted octanol–water partition coefficient (Wildman–Crippen LogP) is 4.05. The summed E-state index contributed by atoms with van der Waals surface area (Å²) in [5.41, 5.74) is -0.503. The molecule has 1 atom stereocenters. The summed E-state index contributed by atoms with van der Waals surface area (Å²) in [7, 11) is 1.49. The summed E-state index contributed by atoms with van der Waals surface area (Å²) < 4.78 is 24.4. The van der Waals surface area contributed by atoms with Gasteiger partial charge in [-0.25, -0.2) is 9.18 Å². The van der Waals surface area contributed by atoms with Gasteiger partial charge in [0.05, 0.1) is 19.4 Å². The van der Waals surface area contributed by atoms with Gasteiger partial charge in [0.15, 0.2) is 0 Å². The number of anilines is 2. The average molecular weight is 369 g/mol. The Balaban J connectivity index is 2.30. The molecule has 0 N–H and O–H groups in total. The molecular weight excluding hydrogens is 349 g/mol. The molecule has 140 valence electrons. The minimum Gasteiger partial charge on any atom is -0.497 e. The molecule has 27 heavy (non-hydrogen) atoms. The van der Waals surface area contributed by atoms with Crippen LogP contribution < -0.4 is 9.64 Å². The van der Waals surface area contributed by atoms with Crippen molar-refractivity contribution in [3.8, 4) is 5.75 Å². The second-order valence-electron chi connectivity index (χ2n) is 6.10. The molecule has 0 aromatic heterocycles. The predicted molar refractivity (Wildman–Crippen MR) is 100 cm³/mol. The van der Waals surface area contributed by atoms with E-state index in [0.29, 0.717) is 22.7 Å². The largest absolute Gasteiger partial charge is 0.497 e. The lowest BCUT2D eigenvalue weighted by atomic mass is 9.88. The number of halogens is 1. The van der Waals surface area contributed by atoms with Gasteiger partial charge in [-0.3, -0.25) is 4.79 Å². The van der Waals surface area contributed by atoms with Crippen LogP contribution in [0.5, 0.6) is 5.75 Å². The van der Waals surface area contributed by atoms with Gasteiger partial charge >= 0.3 is 5.97 Å². The van der Waals surface area contributed by atoms with Crippen LogP contribution in [0, 0.1) is 5.82 Å². The summed E-state index contributed by atoms with van der Waals surface area (Å²) in [6, 6.07) is 10.7. The maximum atomic E-state index is 13.9. The summed E-state index contributed by atoms with van der Waals surface area (Å²) in [5.74, 6) is -1.12. The van der Waals surface area contributed by atoms with Gasteiger partial charge in [0.1, 0.15) is 11.6 Å². The SMILES string of the molecule is C=CCC1(C(=O)OCC)C(=O)c2cc(OC)ccc2N1c1cccc(F)c1. The van der Waals surface area contributed by atoms with Crippen molar-refractivity contribution < 1.29 is 23.5 Å². The normalized spacial score (nSPS) is 18.2. The van der Waals surface area contributed by atoms with E-state index in [2.05, 4.69) is 6.58 Å². The molecule has 3 rings (SSSR count). The number of fused-ring (bicyclic) bond motifs is 1. The lowest BCUT2D eigenvalue weighted by Crippen LogP contribution is -2.55. The van der Waals surface area contributed by atoms with E-state index in [4.69, 9.17) is 9.47 Å². The molecule has 0 radical (unpaired) electrons. The van der Waals surface area contributed by atoms with Crippen LogP contribution in [0.15, 0.2) is 55.1 Å². The summed E-state index contributed by atoms with van der Waals surface area (Å²) in [6.45, 7) is 5.48. The second-order valence-corrected chi connectivity index (χ2v) is 6.10. The van der Waals surface area contributed by atoms with Crippen LogP contribution in [0.4, 0.5) is 15.8 Å². The molecule has 1 aliphatic heterocycles. The first-order valence-corrected chi connectivity index (χ1v) is 8.56. The molecule has 5 nitrogen and oxygen atoms in total. The average Bonchev–Trinajstić information content (AvgIpc) is 2.91. The minimum atomic E-state index is -1.68. The Morgan fingerprint density at radius 1 is 1.30 bits per heavy atom. The number of hydrogen-bond acceptors (Lipinski definition) is 5. The van der Waals surface area contributed by atoms with Crippen molar-refractivity contribution in [1.82, 2.24) is 0 Å². The lowest BCUT2D eigenvalue weighted by molar-refractivity contribution is -0.147. The zero-order valence-corrected chi connectivity index (χ0v) is 15.2. The molecule has 6 heteroatoms. The Morgan fingerprint density at radius 3 is 2.70 bits per heavy atom. The second kappa shape index (κ2) is 7.23. The van der Waals surface area contributed by atoms with Crippen molar-refractivity contribution in [1.29, 1.82) is 0 Å². The van der Waals surface area contributed by atoms with Gasteiger partial charge in [-0.05, 0) is 43.3 Å². The van der Waals surface area contributed by atoms with E-state index in [-0.39, 0.29) is 13.0 Å².